The van der Waals surface area contributed by atoms with Gasteiger partial charge in [-0.2, -0.15) is 0 Å². The van der Waals surface area contributed by atoms with Gasteiger partial charge in [-0.05, 0) is 12.8 Å². The number of carbonyl (C=O) groups excluding carboxylic acids is 1. The van der Waals surface area contributed by atoms with Crippen LogP contribution in [0, 0.1) is 0 Å². The maximum atomic E-state index is 10.6. The molecular weight excluding hydrogens is 156 g/mol. The summed E-state index contributed by atoms with van der Waals surface area (Å²) in [5.74, 6) is -0.151. The zero-order valence-corrected chi connectivity index (χ0v) is 7.29. The highest BCUT2D eigenvalue weighted by molar-refractivity contribution is 5.69. The van der Waals surface area contributed by atoms with Crippen molar-refractivity contribution in [2.24, 2.45) is 0 Å². The Bertz CT molecular complexity index is 171. The van der Waals surface area contributed by atoms with Gasteiger partial charge < -0.3 is 9.47 Å². The van der Waals surface area contributed by atoms with Crippen LogP contribution in [0.3, 0.4) is 0 Å². The maximum Gasteiger partial charge on any atom is 0.305 e. The molecule has 0 N–H and O–H groups in total. The first kappa shape index (κ1) is 9.26. The summed E-state index contributed by atoms with van der Waals surface area (Å²) in [6.07, 6.45) is 6.71. The number of methoxy groups -OCH3 is 1. The van der Waals surface area contributed by atoms with Crippen LogP contribution in [0.5, 0.6) is 0 Å². The summed E-state index contributed by atoms with van der Waals surface area (Å²) in [7, 11) is 1.41. The van der Waals surface area contributed by atoms with E-state index >= 15 is 0 Å². The molecule has 0 aromatic carbocycles. The normalized spacial score (nSPS) is 21.2. The minimum Gasteiger partial charge on any atom is -0.469 e. The predicted octanol–water partition coefficient (Wildman–Crippen LogP) is 1.28. The van der Waals surface area contributed by atoms with Crippen molar-refractivity contribution in [1.82, 2.24) is 0 Å². The van der Waals surface area contributed by atoms with Crippen molar-refractivity contribution in [2.45, 2.75) is 25.4 Å². The van der Waals surface area contributed by atoms with Crippen molar-refractivity contribution in [3.8, 4) is 0 Å². The molecule has 1 atom stereocenters. The van der Waals surface area contributed by atoms with Gasteiger partial charge in [0.05, 0.1) is 19.8 Å². The highest BCUT2D eigenvalue weighted by Crippen LogP contribution is 2.13. The summed E-state index contributed by atoms with van der Waals surface area (Å²) in [6.45, 7) is 0.890. The lowest BCUT2D eigenvalue weighted by atomic mass is 10.2. The molecule has 1 aliphatic heterocycles. The van der Waals surface area contributed by atoms with E-state index in [-0.39, 0.29) is 5.97 Å². The second-order valence-electron chi connectivity index (χ2n) is 2.78. The number of epoxide rings is 1. The third kappa shape index (κ3) is 4.13. The van der Waals surface area contributed by atoms with Gasteiger partial charge in [-0.1, -0.05) is 12.2 Å². The second kappa shape index (κ2) is 4.93. The average Bonchev–Trinajstić information content (AvgIpc) is 2.87. The number of rotatable bonds is 5. The molecule has 1 heterocycles. The summed E-state index contributed by atoms with van der Waals surface area (Å²) in [5, 5.41) is 0. The van der Waals surface area contributed by atoms with Crippen LogP contribution in [0.1, 0.15) is 19.3 Å². The number of carbonyl (C=O) groups is 1. The Labute approximate surface area is 72.4 Å². The van der Waals surface area contributed by atoms with Crippen LogP contribution in [-0.2, 0) is 14.3 Å². The van der Waals surface area contributed by atoms with E-state index in [1.54, 1.807) is 0 Å². The first-order chi connectivity index (χ1) is 5.83. The van der Waals surface area contributed by atoms with Gasteiger partial charge >= 0.3 is 5.97 Å². The van der Waals surface area contributed by atoms with E-state index in [0.29, 0.717) is 12.5 Å². The molecule has 1 rings (SSSR count). The molecule has 0 aromatic rings. The van der Waals surface area contributed by atoms with Crippen molar-refractivity contribution in [3.63, 3.8) is 0 Å². The maximum absolute atomic E-state index is 10.6. The van der Waals surface area contributed by atoms with Gasteiger partial charge in [0, 0.05) is 6.42 Å². The summed E-state index contributed by atoms with van der Waals surface area (Å²) < 4.78 is 9.51. The Balaban J connectivity index is 1.92. The highest BCUT2D eigenvalue weighted by atomic mass is 16.6. The molecular formula is C9H14O3. The highest BCUT2D eigenvalue weighted by Gasteiger charge is 2.19. The molecule has 12 heavy (non-hydrogen) atoms. The quantitative estimate of drug-likeness (QED) is 0.354. The molecule has 0 amide bonds. The van der Waals surface area contributed by atoms with Crippen molar-refractivity contribution in [1.29, 1.82) is 0 Å². The molecule has 0 radical (unpaired) electrons. The van der Waals surface area contributed by atoms with Gasteiger partial charge in [0.1, 0.15) is 0 Å². The SMILES string of the molecule is COC(=O)CC/C=C/CC1CO1. The fourth-order valence-corrected chi connectivity index (χ4v) is 0.873. The third-order valence-electron chi connectivity index (χ3n) is 1.71. The van der Waals surface area contributed by atoms with Gasteiger partial charge in [0.15, 0.2) is 0 Å². The first-order valence-electron chi connectivity index (χ1n) is 4.16. The number of hydrogen-bond acceptors (Lipinski definition) is 3. The van der Waals surface area contributed by atoms with Crippen LogP contribution in [0.15, 0.2) is 12.2 Å². The molecule has 3 nitrogen and oxygen atoms in total. The molecule has 1 fully saturated rings. The average molecular weight is 170 g/mol. The Kier molecular flexibility index (Phi) is 3.80. The van der Waals surface area contributed by atoms with Crippen molar-refractivity contribution in [2.75, 3.05) is 13.7 Å². The van der Waals surface area contributed by atoms with Gasteiger partial charge in [0.2, 0.25) is 0 Å². The summed E-state index contributed by atoms with van der Waals surface area (Å²) in [6, 6.07) is 0. The van der Waals surface area contributed by atoms with Crippen molar-refractivity contribution >= 4 is 5.97 Å². The molecule has 1 unspecified atom stereocenters. The second-order valence-corrected chi connectivity index (χ2v) is 2.78. The topological polar surface area (TPSA) is 38.8 Å². The standard InChI is InChI=1S/C9H14O3/c1-11-9(10)6-4-2-3-5-8-7-12-8/h2-3,8H,4-7H2,1H3/b3-2+. The van der Waals surface area contributed by atoms with E-state index in [1.165, 1.54) is 7.11 Å². The number of allylic oxidation sites excluding steroid dienone is 1. The summed E-state index contributed by atoms with van der Waals surface area (Å²) in [4.78, 5) is 10.6. The Morgan fingerprint density at radius 3 is 3.00 bits per heavy atom. The zero-order chi connectivity index (χ0) is 8.81. The minimum atomic E-state index is -0.151. The van der Waals surface area contributed by atoms with E-state index in [0.717, 1.165) is 19.4 Å². The fraction of sp³-hybridized carbons (Fsp3) is 0.667. The lowest BCUT2D eigenvalue weighted by molar-refractivity contribution is -0.140. The number of ether oxygens (including phenoxy) is 2. The minimum absolute atomic E-state index is 0.151. The van der Waals surface area contributed by atoms with Crippen molar-refractivity contribution < 1.29 is 14.3 Å². The lowest BCUT2D eigenvalue weighted by Gasteiger charge is -1.93. The zero-order valence-electron chi connectivity index (χ0n) is 7.29. The number of hydrogen-bond donors (Lipinski definition) is 0. The van der Waals surface area contributed by atoms with Gasteiger partial charge in [-0.3, -0.25) is 4.79 Å². The molecule has 0 spiro atoms. The number of esters is 1. The molecule has 68 valence electrons. The van der Waals surface area contributed by atoms with E-state index < -0.39 is 0 Å². The lowest BCUT2D eigenvalue weighted by Crippen LogP contribution is -1.97. The van der Waals surface area contributed by atoms with Gasteiger partial charge in [-0.15, -0.1) is 0 Å². The van der Waals surface area contributed by atoms with Gasteiger partial charge in [0.25, 0.3) is 0 Å². The fourth-order valence-electron chi connectivity index (χ4n) is 0.873. The van der Waals surface area contributed by atoms with Crippen LogP contribution in [0.2, 0.25) is 0 Å². The molecule has 1 saturated heterocycles. The van der Waals surface area contributed by atoms with Crippen LogP contribution < -0.4 is 0 Å². The first-order valence-corrected chi connectivity index (χ1v) is 4.16. The third-order valence-corrected chi connectivity index (χ3v) is 1.71. The van der Waals surface area contributed by atoms with Crippen LogP contribution in [-0.4, -0.2) is 25.8 Å². The van der Waals surface area contributed by atoms with Crippen LogP contribution in [0.25, 0.3) is 0 Å². The molecule has 0 aromatic heterocycles. The molecule has 3 heteroatoms. The largest absolute Gasteiger partial charge is 0.469 e. The molecule has 0 saturated carbocycles. The smallest absolute Gasteiger partial charge is 0.305 e. The Hall–Kier alpha value is -0.830. The monoisotopic (exact) mass is 170 g/mol. The van der Waals surface area contributed by atoms with Crippen LogP contribution >= 0.6 is 0 Å². The van der Waals surface area contributed by atoms with Crippen LogP contribution in [0.4, 0.5) is 0 Å². The molecule has 1 aliphatic rings. The van der Waals surface area contributed by atoms with E-state index in [2.05, 4.69) is 10.8 Å². The van der Waals surface area contributed by atoms with Crippen molar-refractivity contribution in [3.05, 3.63) is 12.2 Å². The van der Waals surface area contributed by atoms with Gasteiger partial charge in [-0.25, -0.2) is 0 Å². The molecule has 0 bridgehead atoms. The summed E-state index contributed by atoms with van der Waals surface area (Å²) in [5.41, 5.74) is 0. The van der Waals surface area contributed by atoms with E-state index in [4.69, 9.17) is 4.74 Å². The molecule has 0 aliphatic carbocycles. The Morgan fingerprint density at radius 2 is 2.42 bits per heavy atom. The summed E-state index contributed by atoms with van der Waals surface area (Å²) >= 11 is 0. The van der Waals surface area contributed by atoms with E-state index in [9.17, 15) is 4.79 Å². The van der Waals surface area contributed by atoms with E-state index in [1.807, 2.05) is 6.08 Å². The Morgan fingerprint density at radius 1 is 1.67 bits per heavy atom. The predicted molar refractivity (Wildman–Crippen MR) is 44.7 cm³/mol.